The molecule has 2 aromatic carbocycles. The van der Waals surface area contributed by atoms with E-state index in [1.165, 1.54) is 23.8 Å². The van der Waals surface area contributed by atoms with Crippen LogP contribution in [0.4, 0.5) is 5.69 Å². The molecular weight excluding hydrogens is 436 g/mol. The molecule has 3 aliphatic heterocycles. The number of fused-ring (bicyclic) bond motifs is 2. The van der Waals surface area contributed by atoms with Gasteiger partial charge in [-0.05, 0) is 80.1 Å². The highest BCUT2D eigenvalue weighted by molar-refractivity contribution is 7.00. The lowest BCUT2D eigenvalue weighted by atomic mass is 9.77. The lowest BCUT2D eigenvalue weighted by Crippen LogP contribution is -2.43. The highest BCUT2D eigenvalue weighted by atomic mass is 32.1. The largest absolute Gasteiger partial charge is 0.457 e. The molecule has 0 radical (unpaired) electrons. The molecule has 33 heavy (non-hydrogen) atoms. The summed E-state index contributed by atoms with van der Waals surface area (Å²) >= 11 is 1.27. The van der Waals surface area contributed by atoms with Crippen LogP contribution >= 0.6 is 11.7 Å². The Balaban J connectivity index is 1.08. The zero-order chi connectivity index (χ0) is 22.6. The second-order valence-corrected chi connectivity index (χ2v) is 10.3. The number of esters is 1. The first-order valence-corrected chi connectivity index (χ1v) is 12.4. The third-order valence-electron chi connectivity index (χ3n) is 7.96. The fourth-order valence-corrected chi connectivity index (χ4v) is 6.33. The Bertz CT molecular complexity index is 1220. The predicted octanol–water partition coefficient (Wildman–Crippen LogP) is 3.70. The number of aromatic nitrogens is 2. The number of aliphatic hydroxyl groups excluding tert-OH is 1. The number of benzene rings is 2. The van der Waals surface area contributed by atoms with Crippen molar-refractivity contribution in [3.63, 3.8) is 0 Å². The van der Waals surface area contributed by atoms with Gasteiger partial charge >= 0.3 is 5.97 Å². The van der Waals surface area contributed by atoms with Crippen LogP contribution in [0.5, 0.6) is 0 Å². The summed E-state index contributed by atoms with van der Waals surface area (Å²) in [7, 11) is 0. The molecule has 0 amide bonds. The number of carbonyl (C=O) groups is 1. The van der Waals surface area contributed by atoms with Gasteiger partial charge < -0.3 is 19.6 Å². The Kier molecular flexibility index (Phi) is 5.12. The molecule has 2 saturated heterocycles. The number of rotatable bonds is 4. The number of likely N-dealkylation sites (tertiary alicyclic amines) is 1. The standard InChI is InChI=1S/C25H28N4O3S/c1-16-18(3-4-19-20(16)14-32-24(19)31)23(30)13-28-9-6-25(7-10-28)8-11-29(15-25)17-2-5-21-22(12-17)27-33-26-21/h2-5,12,23,30H,6-11,13-15H2,1H3. The molecule has 6 rings (SSSR count). The van der Waals surface area contributed by atoms with Crippen LogP contribution < -0.4 is 4.90 Å². The molecule has 8 heteroatoms. The van der Waals surface area contributed by atoms with E-state index in [1.807, 2.05) is 13.0 Å². The van der Waals surface area contributed by atoms with Gasteiger partial charge in [0, 0.05) is 30.9 Å². The molecule has 4 heterocycles. The molecule has 1 atom stereocenters. The van der Waals surface area contributed by atoms with Crippen LogP contribution in [-0.4, -0.2) is 57.4 Å². The summed E-state index contributed by atoms with van der Waals surface area (Å²) in [5.41, 5.74) is 7.02. The van der Waals surface area contributed by atoms with Gasteiger partial charge in [0.1, 0.15) is 17.6 Å². The fraction of sp³-hybridized carbons (Fsp3) is 0.480. The quantitative estimate of drug-likeness (QED) is 0.590. The van der Waals surface area contributed by atoms with Crippen molar-refractivity contribution in [2.75, 3.05) is 37.6 Å². The Morgan fingerprint density at radius 1 is 1.12 bits per heavy atom. The van der Waals surface area contributed by atoms with Crippen molar-refractivity contribution in [2.45, 2.75) is 38.9 Å². The third-order valence-corrected chi connectivity index (χ3v) is 8.51. The number of cyclic esters (lactones) is 1. The van der Waals surface area contributed by atoms with Crippen LogP contribution in [0.15, 0.2) is 30.3 Å². The zero-order valence-electron chi connectivity index (χ0n) is 18.8. The monoisotopic (exact) mass is 464 g/mol. The van der Waals surface area contributed by atoms with Crippen LogP contribution in [0, 0.1) is 12.3 Å². The zero-order valence-corrected chi connectivity index (χ0v) is 19.6. The molecule has 0 saturated carbocycles. The molecule has 172 valence electrons. The molecule has 3 aliphatic rings. The number of aliphatic hydroxyl groups is 1. The van der Waals surface area contributed by atoms with Gasteiger partial charge in [0.25, 0.3) is 0 Å². The maximum Gasteiger partial charge on any atom is 0.338 e. The number of nitrogens with zero attached hydrogens (tertiary/aromatic N) is 4. The molecule has 1 spiro atoms. The van der Waals surface area contributed by atoms with Gasteiger partial charge in [0.2, 0.25) is 0 Å². The number of anilines is 1. The number of hydrogen-bond acceptors (Lipinski definition) is 8. The van der Waals surface area contributed by atoms with Gasteiger partial charge in [0.05, 0.1) is 23.4 Å². The minimum atomic E-state index is -0.557. The van der Waals surface area contributed by atoms with Gasteiger partial charge in [-0.1, -0.05) is 6.07 Å². The van der Waals surface area contributed by atoms with E-state index in [0.29, 0.717) is 24.1 Å². The topological polar surface area (TPSA) is 78.8 Å². The summed E-state index contributed by atoms with van der Waals surface area (Å²) in [4.78, 5) is 16.7. The van der Waals surface area contributed by atoms with Crippen LogP contribution in [-0.2, 0) is 11.3 Å². The lowest BCUT2D eigenvalue weighted by Gasteiger charge is -2.40. The average Bonchev–Trinajstić information content (AvgIpc) is 3.55. The summed E-state index contributed by atoms with van der Waals surface area (Å²) in [5.74, 6) is -0.260. The van der Waals surface area contributed by atoms with Gasteiger partial charge in [-0.25, -0.2) is 4.79 Å². The lowest BCUT2D eigenvalue weighted by molar-refractivity contribution is 0.0534. The maximum atomic E-state index is 11.8. The van der Waals surface area contributed by atoms with E-state index < -0.39 is 6.10 Å². The summed E-state index contributed by atoms with van der Waals surface area (Å²) in [6.45, 7) is 7.11. The fourth-order valence-electron chi connectivity index (χ4n) is 5.81. The number of piperidine rings is 1. The Labute approximate surface area is 197 Å². The van der Waals surface area contributed by atoms with Crippen LogP contribution in [0.25, 0.3) is 11.0 Å². The van der Waals surface area contributed by atoms with E-state index in [0.717, 1.165) is 66.7 Å². The number of hydrogen-bond donors (Lipinski definition) is 1. The second kappa shape index (κ2) is 8.04. The molecule has 2 fully saturated rings. The predicted molar refractivity (Wildman–Crippen MR) is 128 cm³/mol. The molecule has 1 aromatic heterocycles. The first-order valence-electron chi connectivity index (χ1n) is 11.7. The summed E-state index contributed by atoms with van der Waals surface area (Å²) in [5, 5.41) is 11.0. The van der Waals surface area contributed by atoms with E-state index in [2.05, 4.69) is 36.7 Å². The molecule has 0 bridgehead atoms. The molecule has 3 aromatic rings. The molecular formula is C25H28N4O3S. The smallest absolute Gasteiger partial charge is 0.338 e. The summed E-state index contributed by atoms with van der Waals surface area (Å²) < 4.78 is 13.9. The third kappa shape index (κ3) is 3.70. The van der Waals surface area contributed by atoms with Crippen molar-refractivity contribution < 1.29 is 14.6 Å². The van der Waals surface area contributed by atoms with E-state index in [4.69, 9.17) is 4.74 Å². The Hall–Kier alpha value is -2.55. The Morgan fingerprint density at radius 3 is 2.76 bits per heavy atom. The minimum Gasteiger partial charge on any atom is -0.457 e. The van der Waals surface area contributed by atoms with E-state index in [-0.39, 0.29) is 5.97 Å². The van der Waals surface area contributed by atoms with Crippen molar-refractivity contribution in [3.8, 4) is 0 Å². The van der Waals surface area contributed by atoms with Gasteiger partial charge in [0.15, 0.2) is 0 Å². The average molecular weight is 465 g/mol. The van der Waals surface area contributed by atoms with Crippen molar-refractivity contribution >= 4 is 34.4 Å². The molecule has 1 N–H and O–H groups in total. The van der Waals surface area contributed by atoms with Crippen molar-refractivity contribution in [2.24, 2.45) is 5.41 Å². The molecule has 1 unspecified atom stereocenters. The van der Waals surface area contributed by atoms with Gasteiger partial charge in [-0.15, -0.1) is 0 Å². The van der Waals surface area contributed by atoms with E-state index in [1.54, 1.807) is 6.07 Å². The van der Waals surface area contributed by atoms with Crippen LogP contribution in [0.2, 0.25) is 0 Å². The maximum absolute atomic E-state index is 11.8. The van der Waals surface area contributed by atoms with Crippen molar-refractivity contribution in [1.82, 2.24) is 13.6 Å². The first-order chi connectivity index (χ1) is 16.0. The summed E-state index contributed by atoms with van der Waals surface area (Å²) in [6, 6.07) is 10.1. The number of carbonyl (C=O) groups excluding carboxylic acids is 1. The highest BCUT2D eigenvalue weighted by Gasteiger charge is 2.41. The van der Waals surface area contributed by atoms with E-state index in [9.17, 15) is 9.90 Å². The normalized spacial score (nSPS) is 21.0. The minimum absolute atomic E-state index is 0.260. The SMILES string of the molecule is Cc1c(C(O)CN2CCC3(CC2)CCN(c2ccc4nsnc4c2)C3)ccc2c1COC2=O. The highest BCUT2D eigenvalue weighted by Crippen LogP contribution is 2.42. The van der Waals surface area contributed by atoms with Gasteiger partial charge in [-0.3, -0.25) is 0 Å². The first kappa shape index (κ1) is 21.0. The number of ether oxygens (including phenoxy) is 1. The molecule has 0 aliphatic carbocycles. The van der Waals surface area contributed by atoms with E-state index >= 15 is 0 Å². The summed E-state index contributed by atoms with van der Waals surface area (Å²) in [6.07, 6.45) is 2.97. The van der Waals surface area contributed by atoms with Crippen LogP contribution in [0.1, 0.15) is 52.4 Å². The van der Waals surface area contributed by atoms with Gasteiger partial charge in [-0.2, -0.15) is 8.75 Å². The van der Waals surface area contributed by atoms with Crippen LogP contribution in [0.3, 0.4) is 0 Å². The van der Waals surface area contributed by atoms with Crippen molar-refractivity contribution in [1.29, 1.82) is 0 Å². The van der Waals surface area contributed by atoms with Crippen molar-refractivity contribution in [3.05, 3.63) is 52.6 Å². The molecule has 7 nitrogen and oxygen atoms in total. The second-order valence-electron chi connectivity index (χ2n) is 9.81. The number of β-amino-alcohol motifs (C(OH)–C–C–N with tert-alkyl or cyclic N) is 1. The Morgan fingerprint density at radius 2 is 1.91 bits per heavy atom.